The van der Waals surface area contributed by atoms with E-state index in [1.165, 1.54) is 0 Å². The number of carbonyl (C=O) groups excluding carboxylic acids is 1. The van der Waals surface area contributed by atoms with Crippen molar-refractivity contribution < 1.29 is 4.79 Å². The van der Waals surface area contributed by atoms with Crippen molar-refractivity contribution in [1.82, 2.24) is 9.80 Å². The summed E-state index contributed by atoms with van der Waals surface area (Å²) in [7, 11) is 0. The van der Waals surface area contributed by atoms with Gasteiger partial charge in [0.15, 0.2) is 0 Å². The Kier molecular flexibility index (Phi) is 3.69. The molecule has 0 aromatic carbocycles. The van der Waals surface area contributed by atoms with E-state index in [1.807, 2.05) is 9.80 Å². The molecule has 16 heavy (non-hydrogen) atoms. The summed E-state index contributed by atoms with van der Waals surface area (Å²) in [5.41, 5.74) is 5.90. The molecule has 0 aromatic heterocycles. The summed E-state index contributed by atoms with van der Waals surface area (Å²) >= 11 is 0. The maximum atomic E-state index is 12.2. The summed E-state index contributed by atoms with van der Waals surface area (Å²) in [6.07, 6.45) is 4.40. The van der Waals surface area contributed by atoms with Gasteiger partial charge in [0.1, 0.15) is 0 Å². The fraction of sp³-hybridized carbons (Fsp3) is 0.917. The van der Waals surface area contributed by atoms with Gasteiger partial charge in [0.25, 0.3) is 0 Å². The zero-order chi connectivity index (χ0) is 11.5. The summed E-state index contributed by atoms with van der Waals surface area (Å²) in [5, 5.41) is 0. The van der Waals surface area contributed by atoms with Crippen LogP contribution in [0.25, 0.3) is 0 Å². The Morgan fingerprint density at radius 3 is 2.44 bits per heavy atom. The number of nitrogens with zero attached hydrogens (tertiary/aromatic N) is 2. The van der Waals surface area contributed by atoms with E-state index in [1.54, 1.807) is 0 Å². The van der Waals surface area contributed by atoms with E-state index in [0.29, 0.717) is 0 Å². The van der Waals surface area contributed by atoms with Crippen LogP contribution in [0.2, 0.25) is 0 Å². The van der Waals surface area contributed by atoms with Crippen LogP contribution in [0, 0.1) is 5.92 Å². The van der Waals surface area contributed by atoms with Crippen molar-refractivity contribution in [3.8, 4) is 0 Å². The molecular weight excluding hydrogens is 202 g/mol. The van der Waals surface area contributed by atoms with Gasteiger partial charge in [-0.2, -0.15) is 0 Å². The molecule has 0 radical (unpaired) electrons. The van der Waals surface area contributed by atoms with Crippen molar-refractivity contribution in [3.63, 3.8) is 0 Å². The molecule has 2 aliphatic heterocycles. The lowest BCUT2D eigenvalue weighted by Crippen LogP contribution is -2.52. The molecule has 2 amide bonds. The molecule has 2 fully saturated rings. The molecule has 2 saturated heterocycles. The number of carbonyl (C=O) groups is 1. The average molecular weight is 225 g/mol. The van der Waals surface area contributed by atoms with Gasteiger partial charge < -0.3 is 15.5 Å². The lowest BCUT2D eigenvalue weighted by molar-refractivity contribution is 0.123. The zero-order valence-corrected chi connectivity index (χ0v) is 10.2. The molecule has 2 heterocycles. The van der Waals surface area contributed by atoms with E-state index >= 15 is 0 Å². The molecule has 92 valence electrons. The quantitative estimate of drug-likeness (QED) is 0.675. The second-order valence-corrected chi connectivity index (χ2v) is 5.30. The van der Waals surface area contributed by atoms with E-state index < -0.39 is 0 Å². The van der Waals surface area contributed by atoms with Gasteiger partial charge in [0.2, 0.25) is 0 Å². The fourth-order valence-electron chi connectivity index (χ4n) is 2.58. The van der Waals surface area contributed by atoms with Gasteiger partial charge in [0.05, 0.1) is 0 Å². The van der Waals surface area contributed by atoms with Gasteiger partial charge in [-0.15, -0.1) is 0 Å². The third-order valence-electron chi connectivity index (χ3n) is 3.78. The predicted molar refractivity (Wildman–Crippen MR) is 64.1 cm³/mol. The van der Waals surface area contributed by atoms with Crippen LogP contribution in [0.4, 0.5) is 4.79 Å². The van der Waals surface area contributed by atoms with Crippen LogP contribution in [0.15, 0.2) is 0 Å². The first-order valence-corrected chi connectivity index (χ1v) is 6.46. The van der Waals surface area contributed by atoms with Gasteiger partial charge in [0, 0.05) is 32.2 Å². The van der Waals surface area contributed by atoms with Crippen LogP contribution < -0.4 is 5.73 Å². The Labute approximate surface area is 97.8 Å². The lowest BCUT2D eigenvalue weighted by atomic mass is 9.99. The van der Waals surface area contributed by atoms with Crippen molar-refractivity contribution in [1.29, 1.82) is 0 Å². The van der Waals surface area contributed by atoms with E-state index in [-0.39, 0.29) is 12.1 Å². The van der Waals surface area contributed by atoms with Crippen LogP contribution in [-0.2, 0) is 0 Å². The largest absolute Gasteiger partial charge is 0.326 e. The Morgan fingerprint density at radius 1 is 1.12 bits per heavy atom. The highest BCUT2D eigenvalue weighted by Crippen LogP contribution is 2.18. The molecule has 0 bridgehead atoms. The first kappa shape index (κ1) is 11.7. The minimum Gasteiger partial charge on any atom is -0.326 e. The van der Waals surface area contributed by atoms with Crippen molar-refractivity contribution in [2.75, 3.05) is 26.2 Å². The Hall–Kier alpha value is -0.770. The molecule has 0 aliphatic carbocycles. The summed E-state index contributed by atoms with van der Waals surface area (Å²) in [5.74, 6) is 0.771. The Bertz CT molecular complexity index is 249. The number of hydrogen-bond acceptors (Lipinski definition) is 2. The molecule has 2 aliphatic rings. The van der Waals surface area contributed by atoms with Crippen molar-refractivity contribution >= 4 is 6.03 Å². The third-order valence-corrected chi connectivity index (χ3v) is 3.78. The van der Waals surface area contributed by atoms with Gasteiger partial charge in [-0.1, -0.05) is 6.92 Å². The second kappa shape index (κ2) is 5.04. The van der Waals surface area contributed by atoms with E-state index in [4.69, 9.17) is 5.73 Å². The molecule has 2 rings (SSSR count). The van der Waals surface area contributed by atoms with Crippen molar-refractivity contribution in [2.45, 2.75) is 38.6 Å². The number of likely N-dealkylation sites (tertiary alicyclic amines) is 2. The van der Waals surface area contributed by atoms with Gasteiger partial charge in [-0.3, -0.25) is 0 Å². The first-order valence-electron chi connectivity index (χ1n) is 6.46. The molecule has 1 unspecified atom stereocenters. The van der Waals surface area contributed by atoms with Crippen LogP contribution in [0.1, 0.15) is 32.6 Å². The number of amides is 2. The first-order chi connectivity index (χ1) is 7.66. The van der Waals surface area contributed by atoms with E-state index in [9.17, 15) is 4.79 Å². The Balaban J connectivity index is 1.86. The van der Waals surface area contributed by atoms with Crippen molar-refractivity contribution in [2.24, 2.45) is 11.7 Å². The second-order valence-electron chi connectivity index (χ2n) is 5.30. The lowest BCUT2D eigenvalue weighted by Gasteiger charge is -2.37. The van der Waals surface area contributed by atoms with Gasteiger partial charge in [-0.05, 0) is 31.6 Å². The monoisotopic (exact) mass is 225 g/mol. The minimum atomic E-state index is 0.182. The maximum absolute atomic E-state index is 12.2. The van der Waals surface area contributed by atoms with Gasteiger partial charge >= 0.3 is 6.03 Å². The Morgan fingerprint density at radius 2 is 1.81 bits per heavy atom. The maximum Gasteiger partial charge on any atom is 0.320 e. The highest BCUT2D eigenvalue weighted by atomic mass is 16.2. The van der Waals surface area contributed by atoms with Crippen LogP contribution in [0.3, 0.4) is 0 Å². The number of piperidine rings is 2. The number of urea groups is 1. The molecule has 0 aromatic rings. The molecule has 0 spiro atoms. The number of hydrogen-bond donors (Lipinski definition) is 1. The number of nitrogens with two attached hydrogens (primary N) is 1. The van der Waals surface area contributed by atoms with Crippen LogP contribution in [-0.4, -0.2) is 48.1 Å². The van der Waals surface area contributed by atoms with E-state index in [0.717, 1.165) is 57.8 Å². The molecule has 1 atom stereocenters. The number of rotatable bonds is 0. The fourth-order valence-corrected chi connectivity index (χ4v) is 2.58. The van der Waals surface area contributed by atoms with Crippen LogP contribution in [0.5, 0.6) is 0 Å². The van der Waals surface area contributed by atoms with Crippen molar-refractivity contribution in [3.05, 3.63) is 0 Å². The summed E-state index contributed by atoms with van der Waals surface area (Å²) < 4.78 is 0. The highest BCUT2D eigenvalue weighted by molar-refractivity contribution is 5.74. The third kappa shape index (κ3) is 2.67. The summed E-state index contributed by atoms with van der Waals surface area (Å²) in [6, 6.07) is 0.392. The average Bonchev–Trinajstić information content (AvgIpc) is 2.29. The van der Waals surface area contributed by atoms with Gasteiger partial charge in [-0.25, -0.2) is 4.79 Å². The highest BCUT2D eigenvalue weighted by Gasteiger charge is 2.27. The smallest absolute Gasteiger partial charge is 0.320 e. The molecule has 4 heteroatoms. The normalized spacial score (nSPS) is 28.2. The van der Waals surface area contributed by atoms with Crippen LogP contribution >= 0.6 is 0 Å². The van der Waals surface area contributed by atoms with E-state index in [2.05, 4.69) is 6.92 Å². The minimum absolute atomic E-state index is 0.182. The SMILES string of the molecule is CC1CCN(C(=O)N2CCCC(N)C2)CC1. The topological polar surface area (TPSA) is 49.6 Å². The zero-order valence-electron chi connectivity index (χ0n) is 10.2. The molecule has 4 nitrogen and oxygen atoms in total. The predicted octanol–water partition coefficient (Wildman–Crippen LogP) is 1.26. The molecule has 0 saturated carbocycles. The summed E-state index contributed by atoms with van der Waals surface area (Å²) in [4.78, 5) is 16.1. The molecular formula is C12H23N3O. The standard InChI is InChI=1S/C12H23N3O/c1-10-4-7-14(8-5-10)12(16)15-6-2-3-11(13)9-15/h10-11H,2-9,13H2,1H3. The molecule has 2 N–H and O–H groups in total. The summed E-state index contributed by atoms with van der Waals surface area (Å²) in [6.45, 7) is 5.74.